The lowest BCUT2D eigenvalue weighted by Gasteiger charge is -2.17. The molecule has 0 unspecified atom stereocenters. The number of anilines is 1. The van der Waals surface area contributed by atoms with Crippen LogP contribution in [0.5, 0.6) is 5.75 Å². The molecule has 1 fully saturated rings. The number of hydrogen-bond acceptors (Lipinski definition) is 5. The molecular formula is C25H33ClN4O3. The van der Waals surface area contributed by atoms with Crippen LogP contribution in [0.2, 0.25) is 5.02 Å². The first-order valence-electron chi connectivity index (χ1n) is 11.4. The van der Waals surface area contributed by atoms with Gasteiger partial charge in [-0.1, -0.05) is 41.9 Å². The zero-order valence-corrected chi connectivity index (χ0v) is 19.9. The number of nitrogens with two attached hydrogens (primary N) is 1. The van der Waals surface area contributed by atoms with Gasteiger partial charge in [0.15, 0.2) is 0 Å². The van der Waals surface area contributed by atoms with E-state index in [0.29, 0.717) is 47.5 Å². The van der Waals surface area contributed by atoms with Gasteiger partial charge in [-0.15, -0.1) is 0 Å². The third-order valence-corrected chi connectivity index (χ3v) is 6.27. The van der Waals surface area contributed by atoms with Crippen molar-refractivity contribution in [1.82, 2.24) is 15.5 Å². The molecule has 33 heavy (non-hydrogen) atoms. The fourth-order valence-electron chi connectivity index (χ4n) is 4.05. The normalized spacial score (nSPS) is 15.9. The third-order valence-electron chi connectivity index (χ3n) is 5.94. The van der Waals surface area contributed by atoms with Crippen molar-refractivity contribution in [2.24, 2.45) is 5.92 Å². The van der Waals surface area contributed by atoms with Crippen molar-refractivity contribution >= 4 is 29.1 Å². The Morgan fingerprint density at radius 1 is 1.21 bits per heavy atom. The predicted molar refractivity (Wildman–Crippen MR) is 132 cm³/mol. The van der Waals surface area contributed by atoms with Gasteiger partial charge < -0.3 is 26.0 Å². The number of carbonyl (C=O) groups is 2. The van der Waals surface area contributed by atoms with Gasteiger partial charge in [-0.3, -0.25) is 9.59 Å². The van der Waals surface area contributed by atoms with E-state index in [-0.39, 0.29) is 11.8 Å². The van der Waals surface area contributed by atoms with Gasteiger partial charge in [0.25, 0.3) is 5.91 Å². The van der Waals surface area contributed by atoms with Crippen LogP contribution in [0, 0.1) is 5.92 Å². The summed E-state index contributed by atoms with van der Waals surface area (Å²) < 4.78 is 5.26. The Kier molecular flexibility index (Phi) is 9.39. The Labute approximate surface area is 200 Å². The van der Waals surface area contributed by atoms with Crippen LogP contribution < -0.4 is 21.1 Å². The molecule has 0 bridgehead atoms. The highest BCUT2D eigenvalue weighted by atomic mass is 35.5. The highest BCUT2D eigenvalue weighted by Gasteiger charge is 2.23. The molecule has 1 aliphatic heterocycles. The average Bonchev–Trinajstić information content (AvgIpc) is 3.28. The van der Waals surface area contributed by atoms with Crippen LogP contribution in [0.25, 0.3) is 0 Å². The number of amides is 2. The molecule has 178 valence electrons. The fraction of sp³-hybridized carbons (Fsp3) is 0.440. The maximum Gasteiger partial charge on any atom is 0.255 e. The Bertz CT molecular complexity index is 939. The van der Waals surface area contributed by atoms with E-state index in [9.17, 15) is 9.59 Å². The zero-order valence-electron chi connectivity index (χ0n) is 19.1. The number of halogens is 1. The molecule has 1 atom stereocenters. The summed E-state index contributed by atoms with van der Waals surface area (Å²) >= 11 is 6.07. The molecule has 3 rings (SSSR count). The summed E-state index contributed by atoms with van der Waals surface area (Å²) in [6.07, 6.45) is 3.22. The van der Waals surface area contributed by atoms with Crippen LogP contribution in [0.3, 0.4) is 0 Å². The van der Waals surface area contributed by atoms with Crippen molar-refractivity contribution in [2.45, 2.75) is 25.7 Å². The van der Waals surface area contributed by atoms with E-state index in [1.165, 1.54) is 12.7 Å². The van der Waals surface area contributed by atoms with Crippen LogP contribution in [-0.2, 0) is 11.2 Å². The number of hydrogen-bond donors (Lipinski definition) is 3. The number of ether oxygens (including phenoxy) is 1. The Balaban J connectivity index is 1.31. The van der Waals surface area contributed by atoms with Gasteiger partial charge in [0.05, 0.1) is 23.4 Å². The lowest BCUT2D eigenvalue weighted by Crippen LogP contribution is -2.32. The number of rotatable bonds is 11. The van der Waals surface area contributed by atoms with Crippen LogP contribution >= 0.6 is 11.6 Å². The van der Waals surface area contributed by atoms with Crippen LogP contribution in [0.1, 0.15) is 35.2 Å². The van der Waals surface area contributed by atoms with Gasteiger partial charge in [-0.25, -0.2) is 0 Å². The number of nitrogens with zero attached hydrogens (tertiary/aromatic N) is 1. The van der Waals surface area contributed by atoms with Crippen molar-refractivity contribution in [1.29, 1.82) is 0 Å². The Morgan fingerprint density at radius 2 is 2.00 bits per heavy atom. The standard InChI is InChI=1S/C25H33ClN4O3/c1-33-23-15-22(27)21(26)14-20(23)25(32)29-16-19-10-13-30(17-19)12-5-11-28-24(31)9-8-18-6-3-2-4-7-18/h2-4,6-7,14-15,19H,5,8-13,16-17,27H2,1H3,(H,28,31)(H,29,32)/t19-/m1/s1. The average molecular weight is 473 g/mol. The molecule has 0 aliphatic carbocycles. The largest absolute Gasteiger partial charge is 0.496 e. The number of nitrogens with one attached hydrogen (secondary N) is 2. The lowest BCUT2D eigenvalue weighted by atomic mass is 10.1. The molecule has 0 saturated carbocycles. The minimum absolute atomic E-state index is 0.0964. The Morgan fingerprint density at radius 3 is 2.76 bits per heavy atom. The quantitative estimate of drug-likeness (QED) is 0.345. The molecule has 7 nitrogen and oxygen atoms in total. The van der Waals surface area contributed by atoms with Crippen molar-refractivity contribution in [3.63, 3.8) is 0 Å². The summed E-state index contributed by atoms with van der Waals surface area (Å²) in [5, 5.41) is 6.34. The Hall–Kier alpha value is -2.77. The topological polar surface area (TPSA) is 96.7 Å². The summed E-state index contributed by atoms with van der Waals surface area (Å²) in [4.78, 5) is 27.0. The molecule has 8 heteroatoms. The van der Waals surface area contributed by atoms with Crippen LogP contribution in [0.4, 0.5) is 5.69 Å². The van der Waals surface area contributed by atoms with Gasteiger partial charge in [0.2, 0.25) is 5.91 Å². The molecular weight excluding hydrogens is 440 g/mol. The lowest BCUT2D eigenvalue weighted by molar-refractivity contribution is -0.121. The summed E-state index contributed by atoms with van der Waals surface area (Å²) in [6, 6.07) is 13.2. The molecule has 0 aromatic heterocycles. The highest BCUT2D eigenvalue weighted by molar-refractivity contribution is 6.33. The maximum atomic E-state index is 12.6. The van der Waals surface area contributed by atoms with Gasteiger partial charge in [-0.2, -0.15) is 0 Å². The van der Waals surface area contributed by atoms with Gasteiger partial charge >= 0.3 is 0 Å². The smallest absolute Gasteiger partial charge is 0.255 e. The van der Waals surface area contributed by atoms with Gasteiger partial charge in [0.1, 0.15) is 5.75 Å². The maximum absolute atomic E-state index is 12.6. The number of benzene rings is 2. The van der Waals surface area contributed by atoms with Crippen LogP contribution in [0.15, 0.2) is 42.5 Å². The number of aryl methyl sites for hydroxylation is 1. The SMILES string of the molecule is COc1cc(N)c(Cl)cc1C(=O)NC[C@H]1CCN(CCCNC(=O)CCc2ccccc2)C1. The van der Waals surface area contributed by atoms with Crippen molar-refractivity contribution in [3.05, 3.63) is 58.6 Å². The number of nitrogen functional groups attached to an aromatic ring is 1. The molecule has 2 aromatic carbocycles. The summed E-state index contributed by atoms with van der Waals surface area (Å²) in [6.45, 7) is 4.14. The van der Waals surface area contributed by atoms with Crippen molar-refractivity contribution in [3.8, 4) is 5.75 Å². The van der Waals surface area contributed by atoms with E-state index in [0.717, 1.165) is 38.9 Å². The minimum atomic E-state index is -0.217. The first-order valence-corrected chi connectivity index (χ1v) is 11.8. The zero-order chi connectivity index (χ0) is 23.6. The van der Waals surface area contributed by atoms with E-state index in [1.54, 1.807) is 12.1 Å². The second-order valence-corrected chi connectivity index (χ2v) is 8.84. The van der Waals surface area contributed by atoms with E-state index >= 15 is 0 Å². The second-order valence-electron chi connectivity index (χ2n) is 8.43. The molecule has 4 N–H and O–H groups in total. The second kappa shape index (κ2) is 12.5. The molecule has 0 radical (unpaired) electrons. The molecule has 2 amide bonds. The molecule has 0 spiro atoms. The molecule has 2 aromatic rings. The molecule has 1 saturated heterocycles. The van der Waals surface area contributed by atoms with E-state index in [4.69, 9.17) is 22.1 Å². The predicted octanol–water partition coefficient (Wildman–Crippen LogP) is 3.12. The van der Waals surface area contributed by atoms with Crippen molar-refractivity contribution < 1.29 is 14.3 Å². The highest BCUT2D eigenvalue weighted by Crippen LogP contribution is 2.28. The molecule has 1 heterocycles. The molecule has 1 aliphatic rings. The van der Waals surface area contributed by atoms with Gasteiger partial charge in [0, 0.05) is 32.1 Å². The summed E-state index contributed by atoms with van der Waals surface area (Å²) in [5.41, 5.74) is 7.73. The first-order chi connectivity index (χ1) is 16.0. The minimum Gasteiger partial charge on any atom is -0.496 e. The van der Waals surface area contributed by atoms with E-state index in [1.807, 2.05) is 30.3 Å². The van der Waals surface area contributed by atoms with E-state index in [2.05, 4.69) is 15.5 Å². The van der Waals surface area contributed by atoms with Crippen LogP contribution in [-0.4, -0.2) is 56.5 Å². The number of carbonyl (C=O) groups excluding carboxylic acids is 2. The number of likely N-dealkylation sites (tertiary alicyclic amines) is 1. The first kappa shape index (κ1) is 24.9. The van der Waals surface area contributed by atoms with Crippen molar-refractivity contribution in [2.75, 3.05) is 45.6 Å². The monoisotopic (exact) mass is 472 g/mol. The number of methoxy groups -OCH3 is 1. The summed E-state index contributed by atoms with van der Waals surface area (Å²) in [7, 11) is 1.50. The summed E-state index contributed by atoms with van der Waals surface area (Å²) in [5.74, 6) is 0.683. The third kappa shape index (κ3) is 7.65. The van der Waals surface area contributed by atoms with E-state index < -0.39 is 0 Å². The fourth-order valence-corrected chi connectivity index (χ4v) is 4.22. The van der Waals surface area contributed by atoms with Gasteiger partial charge in [-0.05, 0) is 49.9 Å².